The molecule has 0 radical (unpaired) electrons. The van der Waals surface area contributed by atoms with Gasteiger partial charge in [0.1, 0.15) is 5.82 Å². The third kappa shape index (κ3) is 4.06. The van der Waals surface area contributed by atoms with Crippen LogP contribution >= 0.6 is 11.6 Å². The summed E-state index contributed by atoms with van der Waals surface area (Å²) < 4.78 is 13.1. The van der Waals surface area contributed by atoms with Crippen molar-refractivity contribution < 1.29 is 4.39 Å². The van der Waals surface area contributed by atoms with E-state index in [1.165, 1.54) is 11.6 Å². The van der Waals surface area contributed by atoms with E-state index in [1.807, 2.05) is 6.07 Å². The molecule has 0 saturated heterocycles. The van der Waals surface area contributed by atoms with E-state index in [0.29, 0.717) is 6.04 Å². The van der Waals surface area contributed by atoms with Gasteiger partial charge < -0.3 is 5.32 Å². The van der Waals surface area contributed by atoms with Crippen molar-refractivity contribution in [2.45, 2.75) is 25.8 Å². The van der Waals surface area contributed by atoms with Gasteiger partial charge in [-0.3, -0.25) is 0 Å². The van der Waals surface area contributed by atoms with Crippen LogP contribution in [0.5, 0.6) is 0 Å². The summed E-state index contributed by atoms with van der Waals surface area (Å²) in [5, 5.41) is 3.68. The Morgan fingerprint density at radius 3 is 2.55 bits per heavy atom. The molecule has 1 nitrogen and oxygen atoms in total. The van der Waals surface area contributed by atoms with Crippen molar-refractivity contribution in [3.63, 3.8) is 0 Å². The molecule has 1 N–H and O–H groups in total. The van der Waals surface area contributed by atoms with Crippen molar-refractivity contribution in [1.29, 1.82) is 0 Å². The normalized spacial score (nSPS) is 12.3. The second-order valence-electron chi connectivity index (χ2n) is 4.81. The third-order valence-corrected chi connectivity index (χ3v) is 3.65. The molecule has 106 valence electrons. The topological polar surface area (TPSA) is 12.0 Å². The Morgan fingerprint density at radius 2 is 1.90 bits per heavy atom. The smallest absolute Gasteiger partial charge is 0.141 e. The lowest BCUT2D eigenvalue weighted by Crippen LogP contribution is -2.21. The highest BCUT2D eigenvalue weighted by Gasteiger charge is 2.10. The summed E-state index contributed by atoms with van der Waals surface area (Å²) in [6.07, 6.45) is 1.83. The zero-order chi connectivity index (χ0) is 14.4. The minimum absolute atomic E-state index is 0.196. The van der Waals surface area contributed by atoms with Crippen LogP contribution in [0.1, 0.15) is 30.5 Å². The van der Waals surface area contributed by atoms with Gasteiger partial charge in [0, 0.05) is 6.04 Å². The van der Waals surface area contributed by atoms with Gasteiger partial charge >= 0.3 is 0 Å². The maximum atomic E-state index is 13.1. The number of hydrogen-bond donors (Lipinski definition) is 1. The molecule has 0 spiro atoms. The van der Waals surface area contributed by atoms with Crippen LogP contribution in [0.15, 0.2) is 48.5 Å². The fourth-order valence-corrected chi connectivity index (χ4v) is 2.53. The Hall–Kier alpha value is -1.38. The van der Waals surface area contributed by atoms with E-state index in [1.54, 1.807) is 12.1 Å². The zero-order valence-corrected chi connectivity index (χ0v) is 12.3. The summed E-state index contributed by atoms with van der Waals surface area (Å²) in [5.41, 5.74) is 2.35. The van der Waals surface area contributed by atoms with Crippen molar-refractivity contribution in [1.82, 2.24) is 5.32 Å². The van der Waals surface area contributed by atoms with Gasteiger partial charge in [0.05, 0.1) is 5.02 Å². The molecule has 0 aliphatic carbocycles. The number of nitrogens with one attached hydrogen (secondary N) is 1. The Balaban J connectivity index is 2.03. The van der Waals surface area contributed by atoms with Crippen LogP contribution in [0, 0.1) is 5.82 Å². The maximum absolute atomic E-state index is 13.1. The molecule has 2 aromatic carbocycles. The standard InChI is InChI=1S/C17H19ClFN/c1-2-20-17(14-6-4-3-5-7-14)11-9-13-8-10-16(19)15(18)12-13/h3-8,10,12,17,20H,2,9,11H2,1H3. The summed E-state index contributed by atoms with van der Waals surface area (Å²) in [7, 11) is 0. The van der Waals surface area contributed by atoms with Gasteiger partial charge in [0.15, 0.2) is 0 Å². The first-order valence-electron chi connectivity index (χ1n) is 6.93. The van der Waals surface area contributed by atoms with Gasteiger partial charge in [-0.15, -0.1) is 0 Å². The molecular formula is C17H19ClFN. The van der Waals surface area contributed by atoms with Gasteiger partial charge in [-0.1, -0.05) is 54.9 Å². The first kappa shape index (κ1) is 15.0. The van der Waals surface area contributed by atoms with E-state index >= 15 is 0 Å². The first-order valence-corrected chi connectivity index (χ1v) is 7.30. The van der Waals surface area contributed by atoms with Crippen molar-refractivity contribution in [3.05, 3.63) is 70.5 Å². The average Bonchev–Trinajstić information content (AvgIpc) is 2.48. The predicted molar refractivity (Wildman–Crippen MR) is 82.6 cm³/mol. The molecule has 0 amide bonds. The largest absolute Gasteiger partial charge is 0.310 e. The molecular weight excluding hydrogens is 273 g/mol. The summed E-state index contributed by atoms with van der Waals surface area (Å²) in [5.74, 6) is -0.360. The molecule has 1 unspecified atom stereocenters. The van der Waals surface area contributed by atoms with Crippen molar-refractivity contribution >= 4 is 11.6 Å². The Bertz CT molecular complexity index is 542. The Kier molecular flexibility index (Phi) is 5.57. The molecule has 1 atom stereocenters. The molecule has 0 aliphatic rings. The van der Waals surface area contributed by atoms with Crippen LogP contribution in [-0.4, -0.2) is 6.54 Å². The molecule has 20 heavy (non-hydrogen) atoms. The van der Waals surface area contributed by atoms with E-state index in [9.17, 15) is 4.39 Å². The summed E-state index contributed by atoms with van der Waals surface area (Å²) in [6.45, 7) is 3.02. The van der Waals surface area contributed by atoms with Crippen molar-refractivity contribution in [2.24, 2.45) is 0 Å². The Morgan fingerprint density at radius 1 is 1.15 bits per heavy atom. The fourth-order valence-electron chi connectivity index (χ4n) is 2.32. The van der Waals surface area contributed by atoms with E-state index in [4.69, 9.17) is 11.6 Å². The highest BCUT2D eigenvalue weighted by molar-refractivity contribution is 6.30. The van der Waals surface area contributed by atoms with Crippen molar-refractivity contribution in [2.75, 3.05) is 6.54 Å². The van der Waals surface area contributed by atoms with E-state index in [2.05, 4.69) is 36.5 Å². The van der Waals surface area contributed by atoms with Gasteiger partial charge in [0.2, 0.25) is 0 Å². The van der Waals surface area contributed by atoms with Gasteiger partial charge in [-0.05, 0) is 42.6 Å². The van der Waals surface area contributed by atoms with Gasteiger partial charge in [-0.2, -0.15) is 0 Å². The highest BCUT2D eigenvalue weighted by Crippen LogP contribution is 2.21. The minimum atomic E-state index is -0.360. The lowest BCUT2D eigenvalue weighted by Gasteiger charge is -2.18. The second kappa shape index (κ2) is 7.41. The SMILES string of the molecule is CCNC(CCc1ccc(F)c(Cl)c1)c1ccccc1. The zero-order valence-electron chi connectivity index (χ0n) is 11.6. The van der Waals surface area contributed by atoms with E-state index in [0.717, 1.165) is 24.9 Å². The molecule has 0 aliphatic heterocycles. The maximum Gasteiger partial charge on any atom is 0.141 e. The summed E-state index contributed by atoms with van der Waals surface area (Å²) in [6, 6.07) is 15.6. The lowest BCUT2D eigenvalue weighted by molar-refractivity contribution is 0.515. The molecule has 0 aromatic heterocycles. The molecule has 0 bridgehead atoms. The number of halogens is 2. The van der Waals surface area contributed by atoms with Gasteiger partial charge in [0.25, 0.3) is 0 Å². The average molecular weight is 292 g/mol. The van der Waals surface area contributed by atoms with Gasteiger partial charge in [-0.25, -0.2) is 4.39 Å². The van der Waals surface area contributed by atoms with Crippen molar-refractivity contribution in [3.8, 4) is 0 Å². The fraction of sp³-hybridized carbons (Fsp3) is 0.294. The number of benzene rings is 2. The van der Waals surface area contributed by atoms with E-state index in [-0.39, 0.29) is 10.8 Å². The molecule has 2 rings (SSSR count). The van der Waals surface area contributed by atoms with Crippen LogP contribution < -0.4 is 5.32 Å². The highest BCUT2D eigenvalue weighted by atomic mass is 35.5. The number of aryl methyl sites for hydroxylation is 1. The van der Waals surface area contributed by atoms with E-state index < -0.39 is 0 Å². The predicted octanol–water partition coefficient (Wildman–Crippen LogP) is 4.76. The molecule has 3 heteroatoms. The molecule has 0 heterocycles. The minimum Gasteiger partial charge on any atom is -0.310 e. The van der Waals surface area contributed by atoms with Crippen LogP contribution in [0.25, 0.3) is 0 Å². The van der Waals surface area contributed by atoms with Crippen LogP contribution in [0.2, 0.25) is 5.02 Å². The Labute approximate surface area is 124 Å². The third-order valence-electron chi connectivity index (χ3n) is 3.36. The molecule has 0 saturated carbocycles. The summed E-state index contributed by atoms with van der Waals surface area (Å²) in [4.78, 5) is 0. The number of hydrogen-bond acceptors (Lipinski definition) is 1. The molecule has 0 fully saturated rings. The summed E-state index contributed by atoms with van der Waals surface area (Å²) >= 11 is 5.82. The van der Waals surface area contributed by atoms with Crippen LogP contribution in [0.3, 0.4) is 0 Å². The lowest BCUT2D eigenvalue weighted by atomic mass is 9.99. The monoisotopic (exact) mass is 291 g/mol. The molecule has 2 aromatic rings. The second-order valence-corrected chi connectivity index (χ2v) is 5.22. The van der Waals surface area contributed by atoms with Crippen LogP contribution in [0.4, 0.5) is 4.39 Å². The quantitative estimate of drug-likeness (QED) is 0.809. The number of rotatable bonds is 6. The van der Waals surface area contributed by atoms with Crippen LogP contribution in [-0.2, 0) is 6.42 Å². The first-order chi connectivity index (χ1) is 9.70.